The first-order chi connectivity index (χ1) is 6.86. The van der Waals surface area contributed by atoms with Crippen LogP contribution in [0.1, 0.15) is 24.2 Å². The quantitative estimate of drug-likeness (QED) is 0.806. The lowest BCUT2D eigenvalue weighted by molar-refractivity contribution is 0.0913. The van der Waals surface area contributed by atoms with Crippen LogP contribution in [0.25, 0.3) is 0 Å². The Morgan fingerprint density at radius 1 is 1.47 bits per heavy atom. The van der Waals surface area contributed by atoms with Crippen LogP contribution in [0.3, 0.4) is 0 Å². The number of benzene rings is 1. The second kappa shape index (κ2) is 4.21. The first kappa shape index (κ1) is 12.0. The number of hydrogen-bond donors (Lipinski definition) is 1. The summed E-state index contributed by atoms with van der Waals surface area (Å²) in [5, 5.41) is 0.359. The van der Waals surface area contributed by atoms with Crippen LogP contribution in [-0.2, 0) is 0 Å². The van der Waals surface area contributed by atoms with Gasteiger partial charge in [-0.2, -0.15) is 0 Å². The lowest BCUT2D eigenvalue weighted by Gasteiger charge is -2.17. The number of hydrogen-bond acceptors (Lipinski definition) is 3. The molecule has 0 saturated carbocycles. The number of Topliss-reactive ketones (excluding diaryl/α,β-unsaturated/α-hetero) is 1. The Balaban J connectivity index is 3.12. The molecule has 1 aromatic rings. The Morgan fingerprint density at radius 2 is 2.07 bits per heavy atom. The molecule has 0 atom stereocenters. The first-order valence-electron chi connectivity index (χ1n) is 4.53. The van der Waals surface area contributed by atoms with E-state index in [2.05, 4.69) is 0 Å². The van der Waals surface area contributed by atoms with Gasteiger partial charge in [0.05, 0.1) is 17.7 Å². The number of carbonyl (C=O) groups excluding carboxylic acids is 1. The molecule has 0 aliphatic rings. The Bertz CT molecular complexity index is 383. The van der Waals surface area contributed by atoms with Gasteiger partial charge < -0.3 is 10.5 Å². The van der Waals surface area contributed by atoms with Gasteiger partial charge in [0.2, 0.25) is 0 Å². The zero-order valence-corrected chi connectivity index (χ0v) is 9.76. The van der Waals surface area contributed by atoms with E-state index in [9.17, 15) is 4.79 Å². The Kier molecular flexibility index (Phi) is 3.37. The van der Waals surface area contributed by atoms with Gasteiger partial charge in [0.15, 0.2) is 5.78 Å². The molecule has 0 aromatic heterocycles. The number of nitrogens with two attached hydrogens (primary N) is 1. The van der Waals surface area contributed by atoms with E-state index in [0.29, 0.717) is 16.3 Å². The first-order valence-corrected chi connectivity index (χ1v) is 4.91. The third-order valence-electron chi connectivity index (χ3n) is 2.01. The average molecular weight is 228 g/mol. The van der Waals surface area contributed by atoms with Crippen LogP contribution in [0.4, 0.5) is 0 Å². The van der Waals surface area contributed by atoms with E-state index in [-0.39, 0.29) is 5.78 Å². The topological polar surface area (TPSA) is 52.3 Å². The van der Waals surface area contributed by atoms with Crippen LogP contribution in [0.2, 0.25) is 5.02 Å². The molecule has 0 aliphatic heterocycles. The molecule has 4 heteroatoms. The van der Waals surface area contributed by atoms with Crippen molar-refractivity contribution in [3.8, 4) is 5.75 Å². The maximum absolute atomic E-state index is 11.8. The molecule has 0 amide bonds. The van der Waals surface area contributed by atoms with E-state index in [1.165, 1.54) is 0 Å². The predicted molar refractivity (Wildman–Crippen MR) is 60.6 cm³/mol. The minimum atomic E-state index is -0.918. The van der Waals surface area contributed by atoms with Crippen LogP contribution in [0.5, 0.6) is 5.75 Å². The average Bonchev–Trinajstić information content (AvgIpc) is 2.15. The van der Waals surface area contributed by atoms with E-state index >= 15 is 0 Å². The third-order valence-corrected chi connectivity index (χ3v) is 2.32. The van der Waals surface area contributed by atoms with Crippen LogP contribution < -0.4 is 10.5 Å². The van der Waals surface area contributed by atoms with Crippen molar-refractivity contribution in [3.63, 3.8) is 0 Å². The number of halogens is 1. The Hall–Kier alpha value is -1.06. The number of rotatable bonds is 3. The number of ketones is 1. The van der Waals surface area contributed by atoms with Crippen LogP contribution >= 0.6 is 11.6 Å². The highest BCUT2D eigenvalue weighted by atomic mass is 35.5. The summed E-state index contributed by atoms with van der Waals surface area (Å²) in [5.74, 6) is 0.432. The van der Waals surface area contributed by atoms with Crippen LogP contribution in [0.15, 0.2) is 18.2 Å². The molecule has 82 valence electrons. The fourth-order valence-electron chi connectivity index (χ4n) is 1.15. The van der Waals surface area contributed by atoms with Crippen molar-refractivity contribution in [3.05, 3.63) is 28.8 Å². The summed E-state index contributed by atoms with van der Waals surface area (Å²) in [6, 6.07) is 4.91. The standard InChI is InChI=1S/C11H14ClNO2/c1-11(2,13)10(14)8-5-4-7(15-3)6-9(8)12/h4-6H,13H2,1-3H3. The molecule has 0 fully saturated rings. The summed E-state index contributed by atoms with van der Waals surface area (Å²) in [7, 11) is 1.54. The highest BCUT2D eigenvalue weighted by Gasteiger charge is 2.25. The molecule has 1 rings (SSSR count). The van der Waals surface area contributed by atoms with Gasteiger partial charge in [-0.15, -0.1) is 0 Å². The molecule has 1 aromatic carbocycles. The fraction of sp³-hybridized carbons (Fsp3) is 0.364. The molecule has 0 unspecified atom stereocenters. The Labute approximate surface area is 94.2 Å². The summed E-state index contributed by atoms with van der Waals surface area (Å²) in [5.41, 5.74) is 5.21. The molecule has 3 nitrogen and oxygen atoms in total. The Morgan fingerprint density at radius 3 is 2.47 bits per heavy atom. The molecular weight excluding hydrogens is 214 g/mol. The van der Waals surface area contributed by atoms with E-state index in [1.807, 2.05) is 0 Å². The second-order valence-corrected chi connectivity index (χ2v) is 4.30. The van der Waals surface area contributed by atoms with Crippen molar-refractivity contribution < 1.29 is 9.53 Å². The zero-order chi connectivity index (χ0) is 11.6. The van der Waals surface area contributed by atoms with Crippen molar-refractivity contribution in [1.82, 2.24) is 0 Å². The highest BCUT2D eigenvalue weighted by molar-refractivity contribution is 6.34. The van der Waals surface area contributed by atoms with Gasteiger partial charge in [0.1, 0.15) is 5.75 Å². The van der Waals surface area contributed by atoms with Crippen molar-refractivity contribution in [2.75, 3.05) is 7.11 Å². The van der Waals surface area contributed by atoms with Gasteiger partial charge in [-0.1, -0.05) is 11.6 Å². The SMILES string of the molecule is COc1ccc(C(=O)C(C)(C)N)c(Cl)c1. The van der Waals surface area contributed by atoms with Crippen LogP contribution in [-0.4, -0.2) is 18.4 Å². The van der Waals surface area contributed by atoms with Crippen molar-refractivity contribution in [1.29, 1.82) is 0 Å². The van der Waals surface area contributed by atoms with Gasteiger partial charge in [-0.25, -0.2) is 0 Å². The molecular formula is C11H14ClNO2. The molecule has 0 spiro atoms. The van der Waals surface area contributed by atoms with Crippen LogP contribution in [0, 0.1) is 0 Å². The van der Waals surface area contributed by atoms with Gasteiger partial charge in [-0.3, -0.25) is 4.79 Å². The summed E-state index contributed by atoms with van der Waals surface area (Å²) in [6.07, 6.45) is 0. The number of methoxy groups -OCH3 is 1. The minimum absolute atomic E-state index is 0.185. The zero-order valence-electron chi connectivity index (χ0n) is 9.00. The maximum Gasteiger partial charge on any atom is 0.183 e. The van der Waals surface area contributed by atoms with Gasteiger partial charge in [0.25, 0.3) is 0 Å². The van der Waals surface area contributed by atoms with Gasteiger partial charge in [-0.05, 0) is 32.0 Å². The summed E-state index contributed by atoms with van der Waals surface area (Å²) < 4.78 is 4.99. The van der Waals surface area contributed by atoms with E-state index in [0.717, 1.165) is 0 Å². The summed E-state index contributed by atoms with van der Waals surface area (Å²) in [4.78, 5) is 11.8. The number of ether oxygens (including phenoxy) is 1. The molecule has 2 N–H and O–H groups in total. The van der Waals surface area contributed by atoms with E-state index in [1.54, 1.807) is 39.2 Å². The van der Waals surface area contributed by atoms with Gasteiger partial charge >= 0.3 is 0 Å². The number of carbonyl (C=O) groups is 1. The monoisotopic (exact) mass is 227 g/mol. The maximum atomic E-state index is 11.8. The summed E-state index contributed by atoms with van der Waals surface area (Å²) >= 11 is 5.95. The van der Waals surface area contributed by atoms with Crippen molar-refractivity contribution in [2.45, 2.75) is 19.4 Å². The molecule has 0 saturated heterocycles. The molecule has 0 aliphatic carbocycles. The van der Waals surface area contributed by atoms with Crippen molar-refractivity contribution >= 4 is 17.4 Å². The summed E-state index contributed by atoms with van der Waals surface area (Å²) in [6.45, 7) is 3.30. The fourth-order valence-corrected chi connectivity index (χ4v) is 1.41. The van der Waals surface area contributed by atoms with Gasteiger partial charge in [0, 0.05) is 5.56 Å². The predicted octanol–water partition coefficient (Wildman–Crippen LogP) is 2.27. The normalized spacial score (nSPS) is 11.3. The highest BCUT2D eigenvalue weighted by Crippen LogP contribution is 2.24. The lowest BCUT2D eigenvalue weighted by Crippen LogP contribution is -2.41. The lowest BCUT2D eigenvalue weighted by atomic mass is 9.94. The van der Waals surface area contributed by atoms with E-state index in [4.69, 9.17) is 22.1 Å². The second-order valence-electron chi connectivity index (χ2n) is 3.90. The minimum Gasteiger partial charge on any atom is -0.497 e. The van der Waals surface area contributed by atoms with E-state index < -0.39 is 5.54 Å². The molecule has 15 heavy (non-hydrogen) atoms. The van der Waals surface area contributed by atoms with Crippen molar-refractivity contribution in [2.24, 2.45) is 5.73 Å². The largest absolute Gasteiger partial charge is 0.497 e. The molecule has 0 heterocycles. The smallest absolute Gasteiger partial charge is 0.183 e. The molecule has 0 bridgehead atoms. The third kappa shape index (κ3) is 2.70. The molecule has 0 radical (unpaired) electrons.